The van der Waals surface area contributed by atoms with Crippen LogP contribution in [0.2, 0.25) is 0 Å². The van der Waals surface area contributed by atoms with Crippen molar-refractivity contribution in [2.24, 2.45) is 0 Å². The molecule has 0 N–H and O–H groups in total. The Labute approximate surface area is 124 Å². The van der Waals surface area contributed by atoms with E-state index in [1.807, 2.05) is 44.2 Å². The average Bonchev–Trinajstić information content (AvgIpc) is 2.98. The Morgan fingerprint density at radius 3 is 2.33 bits per heavy atom. The Kier molecular flexibility index (Phi) is 5.86. The molecule has 1 heterocycles. The Balaban J connectivity index is 2.20. The van der Waals surface area contributed by atoms with E-state index in [-0.39, 0.29) is 6.10 Å². The minimum Gasteiger partial charge on any atom is -0.369 e. The molecule has 21 heavy (non-hydrogen) atoms. The number of methoxy groups -OCH3 is 1. The summed E-state index contributed by atoms with van der Waals surface area (Å²) in [4.78, 5) is 4.34. The quantitative estimate of drug-likeness (QED) is 0.697. The molecular weight excluding hydrogens is 272 g/mol. The van der Waals surface area contributed by atoms with Crippen LogP contribution in [0.3, 0.4) is 0 Å². The van der Waals surface area contributed by atoms with Gasteiger partial charge in [-0.15, -0.1) is 0 Å². The van der Waals surface area contributed by atoms with Crippen molar-refractivity contribution >= 4 is 0 Å². The normalized spacial score (nSPS) is 12.8. The first kappa shape index (κ1) is 15.6. The van der Waals surface area contributed by atoms with Crippen LogP contribution in [0.5, 0.6) is 0 Å². The summed E-state index contributed by atoms with van der Waals surface area (Å²) in [6, 6.07) is 9.72. The lowest BCUT2D eigenvalue weighted by Gasteiger charge is -2.12. The third kappa shape index (κ3) is 3.87. The number of hydrogen-bond acceptors (Lipinski definition) is 6. The molecule has 0 amide bonds. The first-order valence-electron chi connectivity index (χ1n) is 6.94. The van der Waals surface area contributed by atoms with Crippen LogP contribution >= 0.6 is 0 Å². The molecule has 6 nitrogen and oxygen atoms in total. The first-order valence-corrected chi connectivity index (χ1v) is 6.94. The molecule has 0 saturated carbocycles. The third-order valence-corrected chi connectivity index (χ3v) is 2.87. The fraction of sp³-hybridized carbons (Fsp3) is 0.467. The molecule has 0 fully saturated rings. The van der Waals surface area contributed by atoms with Gasteiger partial charge in [-0.3, -0.25) is 0 Å². The molecule has 0 spiro atoms. The van der Waals surface area contributed by atoms with Gasteiger partial charge in [0.25, 0.3) is 5.89 Å². The highest BCUT2D eigenvalue weighted by atomic mass is 16.7. The van der Waals surface area contributed by atoms with Crippen molar-refractivity contribution in [1.82, 2.24) is 10.1 Å². The molecule has 0 radical (unpaired) electrons. The van der Waals surface area contributed by atoms with Gasteiger partial charge in [-0.05, 0) is 19.4 Å². The van der Waals surface area contributed by atoms with Crippen molar-refractivity contribution in [3.63, 3.8) is 0 Å². The molecule has 114 valence electrons. The van der Waals surface area contributed by atoms with Gasteiger partial charge in [-0.25, -0.2) is 0 Å². The first-order chi connectivity index (χ1) is 10.3. The standard InChI is InChI=1S/C15H20N2O4/c1-4-19-15(20-5-2)14-16-13(17-21-14)12(18-3)11-9-7-6-8-10-11/h6-10,12,15H,4-5H2,1-3H3. The second-order valence-corrected chi connectivity index (χ2v) is 4.26. The van der Waals surface area contributed by atoms with E-state index in [1.165, 1.54) is 0 Å². The second kappa shape index (κ2) is 7.87. The molecule has 2 aromatic rings. The molecule has 6 heteroatoms. The summed E-state index contributed by atoms with van der Waals surface area (Å²) >= 11 is 0. The highest BCUT2D eigenvalue weighted by Crippen LogP contribution is 2.25. The zero-order chi connectivity index (χ0) is 15.1. The van der Waals surface area contributed by atoms with Crippen LogP contribution in [0.15, 0.2) is 34.9 Å². The maximum atomic E-state index is 5.47. The van der Waals surface area contributed by atoms with E-state index < -0.39 is 6.29 Å². The van der Waals surface area contributed by atoms with Crippen molar-refractivity contribution in [3.8, 4) is 0 Å². The lowest BCUT2D eigenvalue weighted by atomic mass is 10.1. The molecule has 2 rings (SSSR count). The molecule has 1 unspecified atom stereocenters. The van der Waals surface area contributed by atoms with Crippen LogP contribution in [0, 0.1) is 0 Å². The monoisotopic (exact) mass is 292 g/mol. The molecule has 1 aromatic carbocycles. The van der Waals surface area contributed by atoms with Gasteiger partial charge < -0.3 is 18.7 Å². The summed E-state index contributed by atoms with van der Waals surface area (Å²) in [6.45, 7) is 4.75. The largest absolute Gasteiger partial charge is 0.369 e. The molecular formula is C15H20N2O4. The van der Waals surface area contributed by atoms with Crippen LogP contribution in [-0.4, -0.2) is 30.5 Å². The van der Waals surface area contributed by atoms with Gasteiger partial charge in [-0.1, -0.05) is 35.5 Å². The zero-order valence-electron chi connectivity index (χ0n) is 12.5. The van der Waals surface area contributed by atoms with E-state index in [1.54, 1.807) is 7.11 Å². The Morgan fingerprint density at radius 2 is 1.76 bits per heavy atom. The molecule has 0 aliphatic carbocycles. The minimum absolute atomic E-state index is 0.298. The summed E-state index contributed by atoms with van der Waals surface area (Å²) < 4.78 is 21.6. The van der Waals surface area contributed by atoms with Crippen LogP contribution in [-0.2, 0) is 14.2 Å². The number of rotatable bonds is 8. The molecule has 0 bridgehead atoms. The van der Waals surface area contributed by atoms with Gasteiger partial charge in [0.05, 0.1) is 0 Å². The highest BCUT2D eigenvalue weighted by molar-refractivity contribution is 5.22. The van der Waals surface area contributed by atoms with E-state index in [0.717, 1.165) is 5.56 Å². The van der Waals surface area contributed by atoms with Crippen LogP contribution in [0.4, 0.5) is 0 Å². The predicted octanol–water partition coefficient (Wildman–Crippen LogP) is 2.88. The van der Waals surface area contributed by atoms with Crippen molar-refractivity contribution in [2.45, 2.75) is 26.2 Å². The van der Waals surface area contributed by atoms with Gasteiger partial charge in [-0.2, -0.15) is 4.98 Å². The van der Waals surface area contributed by atoms with Crippen LogP contribution in [0.1, 0.15) is 43.5 Å². The second-order valence-electron chi connectivity index (χ2n) is 4.26. The van der Waals surface area contributed by atoms with Crippen molar-refractivity contribution < 1.29 is 18.7 Å². The van der Waals surface area contributed by atoms with E-state index in [2.05, 4.69) is 10.1 Å². The van der Waals surface area contributed by atoms with E-state index in [4.69, 9.17) is 18.7 Å². The number of hydrogen-bond donors (Lipinski definition) is 0. The van der Waals surface area contributed by atoms with Gasteiger partial charge in [0, 0.05) is 20.3 Å². The highest BCUT2D eigenvalue weighted by Gasteiger charge is 2.24. The van der Waals surface area contributed by atoms with E-state index in [9.17, 15) is 0 Å². The number of nitrogens with zero attached hydrogens (tertiary/aromatic N) is 2. The third-order valence-electron chi connectivity index (χ3n) is 2.87. The van der Waals surface area contributed by atoms with Crippen LogP contribution < -0.4 is 0 Å². The van der Waals surface area contributed by atoms with Gasteiger partial charge in [0.2, 0.25) is 12.1 Å². The van der Waals surface area contributed by atoms with Crippen molar-refractivity contribution in [2.75, 3.05) is 20.3 Å². The zero-order valence-corrected chi connectivity index (χ0v) is 12.5. The SMILES string of the molecule is CCOC(OCC)c1nc(C(OC)c2ccccc2)no1. The topological polar surface area (TPSA) is 66.6 Å². The number of benzene rings is 1. The summed E-state index contributed by atoms with van der Waals surface area (Å²) in [7, 11) is 1.61. The maximum absolute atomic E-state index is 5.47. The van der Waals surface area contributed by atoms with Gasteiger partial charge >= 0.3 is 0 Å². The van der Waals surface area contributed by atoms with Crippen molar-refractivity contribution in [1.29, 1.82) is 0 Å². The number of ether oxygens (including phenoxy) is 3. The fourth-order valence-electron chi connectivity index (χ4n) is 1.96. The molecule has 0 saturated heterocycles. The summed E-state index contributed by atoms with van der Waals surface area (Å²) in [5.41, 5.74) is 0.955. The molecule has 1 atom stereocenters. The Hall–Kier alpha value is -1.76. The minimum atomic E-state index is -0.644. The molecule has 0 aliphatic heterocycles. The fourth-order valence-corrected chi connectivity index (χ4v) is 1.96. The lowest BCUT2D eigenvalue weighted by molar-refractivity contribution is -0.155. The summed E-state index contributed by atoms with van der Waals surface area (Å²) in [5.74, 6) is 0.745. The van der Waals surface area contributed by atoms with Crippen LogP contribution in [0.25, 0.3) is 0 Å². The average molecular weight is 292 g/mol. The Morgan fingerprint density at radius 1 is 1.10 bits per heavy atom. The summed E-state index contributed by atoms with van der Waals surface area (Å²) in [5, 5.41) is 3.98. The lowest BCUT2D eigenvalue weighted by Crippen LogP contribution is -2.10. The smallest absolute Gasteiger partial charge is 0.283 e. The van der Waals surface area contributed by atoms with E-state index >= 15 is 0 Å². The number of aromatic nitrogens is 2. The predicted molar refractivity (Wildman–Crippen MR) is 75.6 cm³/mol. The van der Waals surface area contributed by atoms with Gasteiger partial charge in [0.15, 0.2) is 0 Å². The Bertz CT molecular complexity index is 523. The van der Waals surface area contributed by atoms with Gasteiger partial charge in [0.1, 0.15) is 6.10 Å². The van der Waals surface area contributed by atoms with E-state index in [0.29, 0.717) is 24.9 Å². The molecule has 1 aromatic heterocycles. The van der Waals surface area contributed by atoms with Crippen molar-refractivity contribution in [3.05, 3.63) is 47.6 Å². The molecule has 0 aliphatic rings. The summed E-state index contributed by atoms with van der Waals surface area (Å²) in [6.07, 6.45) is -1.03. The maximum Gasteiger partial charge on any atom is 0.283 e.